The van der Waals surface area contributed by atoms with E-state index in [1.807, 2.05) is 11.8 Å². The zero-order valence-electron chi connectivity index (χ0n) is 9.13. The van der Waals surface area contributed by atoms with E-state index in [4.69, 9.17) is 0 Å². The van der Waals surface area contributed by atoms with Gasteiger partial charge in [-0.25, -0.2) is 0 Å². The minimum atomic E-state index is 0.384. The Balaban J connectivity index is 1.82. The van der Waals surface area contributed by atoms with Crippen molar-refractivity contribution >= 4 is 17.5 Å². The van der Waals surface area contributed by atoms with E-state index < -0.39 is 0 Å². The Morgan fingerprint density at radius 2 is 2.47 bits per heavy atom. The fourth-order valence-corrected chi connectivity index (χ4v) is 3.15. The van der Waals surface area contributed by atoms with Crippen LogP contribution >= 0.6 is 11.8 Å². The van der Waals surface area contributed by atoms with Crippen molar-refractivity contribution in [2.24, 2.45) is 0 Å². The molecule has 2 rings (SSSR count). The monoisotopic (exact) mass is 225 g/mol. The fraction of sp³-hybridized carbons (Fsp3) is 0.750. The Morgan fingerprint density at radius 1 is 1.53 bits per heavy atom. The minimum absolute atomic E-state index is 0.384. The van der Waals surface area contributed by atoms with E-state index in [1.54, 1.807) is 0 Å². The van der Waals surface area contributed by atoms with Crippen molar-refractivity contribution in [3.05, 3.63) is 11.6 Å². The molecular formula is C12H19NOS. The number of nitrogens with one attached hydrogen (secondary N) is 1. The van der Waals surface area contributed by atoms with Gasteiger partial charge < -0.3 is 5.32 Å². The van der Waals surface area contributed by atoms with Gasteiger partial charge in [0.15, 0.2) is 5.78 Å². The number of carbonyl (C=O) groups is 1. The molecule has 0 radical (unpaired) electrons. The molecule has 0 spiro atoms. The van der Waals surface area contributed by atoms with Crippen LogP contribution in [0.2, 0.25) is 0 Å². The first-order valence-electron chi connectivity index (χ1n) is 5.89. The van der Waals surface area contributed by atoms with Crippen molar-refractivity contribution < 1.29 is 4.79 Å². The van der Waals surface area contributed by atoms with Gasteiger partial charge in [0.1, 0.15) is 0 Å². The molecule has 3 heteroatoms. The number of rotatable bonds is 3. The van der Waals surface area contributed by atoms with Crippen LogP contribution in [-0.4, -0.2) is 29.9 Å². The Kier molecular flexibility index (Phi) is 4.27. The molecule has 1 aliphatic heterocycles. The highest BCUT2D eigenvalue weighted by molar-refractivity contribution is 7.99. The van der Waals surface area contributed by atoms with Crippen LogP contribution in [0.15, 0.2) is 11.6 Å². The molecule has 2 nitrogen and oxygen atoms in total. The second-order valence-corrected chi connectivity index (χ2v) is 5.48. The molecule has 1 unspecified atom stereocenters. The van der Waals surface area contributed by atoms with Crippen molar-refractivity contribution in [2.45, 2.75) is 38.1 Å². The lowest BCUT2D eigenvalue weighted by molar-refractivity contribution is -0.116. The third kappa shape index (κ3) is 3.35. The molecular weight excluding hydrogens is 206 g/mol. The van der Waals surface area contributed by atoms with E-state index in [0.717, 1.165) is 30.7 Å². The third-order valence-electron chi connectivity index (χ3n) is 3.08. The molecule has 1 saturated heterocycles. The highest BCUT2D eigenvalue weighted by atomic mass is 32.2. The number of hydrogen-bond acceptors (Lipinski definition) is 3. The van der Waals surface area contributed by atoms with Crippen LogP contribution in [0, 0.1) is 0 Å². The first kappa shape index (κ1) is 11.2. The van der Waals surface area contributed by atoms with Gasteiger partial charge in [0.05, 0.1) is 0 Å². The first-order valence-corrected chi connectivity index (χ1v) is 7.05. The lowest BCUT2D eigenvalue weighted by Crippen LogP contribution is -2.39. The molecule has 0 aromatic heterocycles. The standard InChI is InChI=1S/C12H19NOS/c14-12(10-4-2-1-3-5-10)8-11-9-15-7-6-13-11/h4,11,13H,1-3,5-9H2. The maximum absolute atomic E-state index is 11.9. The van der Waals surface area contributed by atoms with Gasteiger partial charge in [-0.2, -0.15) is 11.8 Å². The number of Topliss-reactive ketones (excluding diaryl/α,β-unsaturated/α-hetero) is 1. The largest absolute Gasteiger partial charge is 0.312 e. The highest BCUT2D eigenvalue weighted by Crippen LogP contribution is 2.20. The van der Waals surface area contributed by atoms with E-state index in [9.17, 15) is 4.79 Å². The summed E-state index contributed by atoms with van der Waals surface area (Å²) in [5, 5.41) is 3.42. The molecule has 0 saturated carbocycles. The van der Waals surface area contributed by atoms with Crippen LogP contribution in [0.1, 0.15) is 32.1 Å². The van der Waals surface area contributed by atoms with Crippen molar-refractivity contribution in [1.82, 2.24) is 5.32 Å². The highest BCUT2D eigenvalue weighted by Gasteiger charge is 2.19. The van der Waals surface area contributed by atoms with Gasteiger partial charge in [-0.15, -0.1) is 0 Å². The van der Waals surface area contributed by atoms with Gasteiger partial charge in [0.25, 0.3) is 0 Å². The fourth-order valence-electron chi connectivity index (χ4n) is 2.20. The first-order chi connectivity index (χ1) is 7.36. The van der Waals surface area contributed by atoms with E-state index >= 15 is 0 Å². The van der Waals surface area contributed by atoms with E-state index in [1.165, 1.54) is 18.6 Å². The zero-order chi connectivity index (χ0) is 10.5. The molecule has 0 amide bonds. The van der Waals surface area contributed by atoms with Crippen molar-refractivity contribution in [3.8, 4) is 0 Å². The minimum Gasteiger partial charge on any atom is -0.312 e. The lowest BCUT2D eigenvalue weighted by Gasteiger charge is -2.23. The van der Waals surface area contributed by atoms with Crippen LogP contribution in [0.5, 0.6) is 0 Å². The summed E-state index contributed by atoms with van der Waals surface area (Å²) in [6.07, 6.45) is 7.44. The van der Waals surface area contributed by atoms with Crippen molar-refractivity contribution in [3.63, 3.8) is 0 Å². The Labute approximate surface area is 95.9 Å². The summed E-state index contributed by atoms with van der Waals surface area (Å²) >= 11 is 1.96. The number of ketones is 1. The second kappa shape index (κ2) is 5.71. The Hall–Kier alpha value is -0.280. The average Bonchev–Trinajstić information content (AvgIpc) is 2.31. The molecule has 1 N–H and O–H groups in total. The Morgan fingerprint density at radius 3 is 3.13 bits per heavy atom. The summed E-state index contributed by atoms with van der Waals surface area (Å²) in [4.78, 5) is 11.9. The number of allylic oxidation sites excluding steroid dienone is 2. The SMILES string of the molecule is O=C(CC1CSCCN1)C1=CCCCC1. The molecule has 0 bridgehead atoms. The summed E-state index contributed by atoms with van der Waals surface area (Å²) in [6, 6.07) is 0.416. The van der Waals surface area contributed by atoms with Gasteiger partial charge in [-0.1, -0.05) is 6.08 Å². The van der Waals surface area contributed by atoms with Gasteiger partial charge in [-0.3, -0.25) is 4.79 Å². The quantitative estimate of drug-likeness (QED) is 0.798. The van der Waals surface area contributed by atoms with E-state index in [-0.39, 0.29) is 0 Å². The van der Waals surface area contributed by atoms with Crippen LogP contribution < -0.4 is 5.32 Å². The predicted octanol–water partition coefficient (Wildman–Crippen LogP) is 2.15. The van der Waals surface area contributed by atoms with Crippen LogP contribution in [0.25, 0.3) is 0 Å². The number of hydrogen-bond donors (Lipinski definition) is 1. The molecule has 2 aliphatic rings. The summed E-state index contributed by atoms with van der Waals surface area (Å²) in [6.45, 7) is 1.06. The smallest absolute Gasteiger partial charge is 0.160 e. The van der Waals surface area contributed by atoms with Gasteiger partial charge in [-0.05, 0) is 31.3 Å². The molecule has 1 heterocycles. The van der Waals surface area contributed by atoms with Gasteiger partial charge in [0.2, 0.25) is 0 Å². The van der Waals surface area contributed by atoms with Crippen molar-refractivity contribution in [1.29, 1.82) is 0 Å². The van der Waals surface area contributed by atoms with Gasteiger partial charge >= 0.3 is 0 Å². The predicted molar refractivity (Wildman–Crippen MR) is 65.3 cm³/mol. The topological polar surface area (TPSA) is 29.1 Å². The molecule has 0 aromatic carbocycles. The summed E-state index contributed by atoms with van der Waals surface area (Å²) in [5.74, 6) is 2.67. The maximum Gasteiger partial charge on any atom is 0.160 e. The summed E-state index contributed by atoms with van der Waals surface area (Å²) < 4.78 is 0. The van der Waals surface area contributed by atoms with Crippen LogP contribution in [0.4, 0.5) is 0 Å². The summed E-state index contributed by atoms with van der Waals surface area (Å²) in [7, 11) is 0. The van der Waals surface area contributed by atoms with Crippen LogP contribution in [-0.2, 0) is 4.79 Å². The van der Waals surface area contributed by atoms with Crippen molar-refractivity contribution in [2.75, 3.05) is 18.1 Å². The summed E-state index contributed by atoms with van der Waals surface area (Å²) in [5.41, 5.74) is 1.10. The second-order valence-electron chi connectivity index (χ2n) is 4.33. The van der Waals surface area contributed by atoms with Gasteiger partial charge in [0, 0.05) is 30.5 Å². The maximum atomic E-state index is 11.9. The molecule has 15 heavy (non-hydrogen) atoms. The average molecular weight is 225 g/mol. The number of thioether (sulfide) groups is 1. The molecule has 84 valence electrons. The molecule has 0 aromatic rings. The normalized spacial score (nSPS) is 27.2. The van der Waals surface area contributed by atoms with Crippen LogP contribution in [0.3, 0.4) is 0 Å². The third-order valence-corrected chi connectivity index (χ3v) is 4.21. The zero-order valence-corrected chi connectivity index (χ0v) is 9.94. The van der Waals surface area contributed by atoms with E-state index in [2.05, 4.69) is 11.4 Å². The molecule has 1 atom stereocenters. The molecule has 1 fully saturated rings. The van der Waals surface area contributed by atoms with E-state index in [0.29, 0.717) is 18.2 Å². The Bertz CT molecular complexity index is 256. The molecule has 1 aliphatic carbocycles. The lowest BCUT2D eigenvalue weighted by atomic mass is 9.94. The number of carbonyl (C=O) groups excluding carboxylic acids is 1.